The van der Waals surface area contributed by atoms with Gasteiger partial charge in [0.2, 0.25) is 0 Å². The second-order valence-electron chi connectivity index (χ2n) is 11.4. The fourth-order valence-corrected chi connectivity index (χ4v) is 8.53. The van der Waals surface area contributed by atoms with Crippen LogP contribution in [0.3, 0.4) is 0 Å². The molecule has 1 N–H and O–H groups in total. The van der Waals surface area contributed by atoms with Gasteiger partial charge in [-0.2, -0.15) is 0 Å². The number of hydrogen-bond donors (Lipinski definition) is 1. The van der Waals surface area contributed by atoms with Gasteiger partial charge in [-0.25, -0.2) is 0 Å². The molecule has 9 atom stereocenters. The fraction of sp³-hybridized carbons (Fsp3) is 0.920. The van der Waals surface area contributed by atoms with Crippen LogP contribution in [0.25, 0.3) is 0 Å². The predicted octanol–water partition coefficient (Wildman–Crippen LogP) is 4.77. The monoisotopic (exact) mass is 404 g/mol. The maximum absolute atomic E-state index is 13.4. The van der Waals surface area contributed by atoms with Crippen LogP contribution < -0.4 is 0 Å². The molecule has 0 spiro atoms. The third kappa shape index (κ3) is 3.38. The molecule has 4 nitrogen and oxygen atoms in total. The second kappa shape index (κ2) is 7.66. The SMILES string of the molecule is COC(=O)CC[C@@H](C)[C@H]1CC[C@H]2[C@@H]3C(=O)C[C@@H]4C[C@H](O)CC[C@]4(C)C3CC[C@]12C. The van der Waals surface area contributed by atoms with Gasteiger partial charge in [0.1, 0.15) is 5.78 Å². The van der Waals surface area contributed by atoms with E-state index in [1.54, 1.807) is 0 Å². The molecule has 4 saturated carbocycles. The number of fused-ring (bicyclic) bond motifs is 5. The van der Waals surface area contributed by atoms with Crippen molar-refractivity contribution < 1.29 is 19.4 Å². The van der Waals surface area contributed by atoms with E-state index < -0.39 is 0 Å². The summed E-state index contributed by atoms with van der Waals surface area (Å²) in [5.41, 5.74) is 0.456. The van der Waals surface area contributed by atoms with Crippen LogP contribution in [-0.4, -0.2) is 30.1 Å². The lowest BCUT2D eigenvalue weighted by Crippen LogP contribution is -2.57. The van der Waals surface area contributed by atoms with E-state index in [4.69, 9.17) is 4.74 Å². The molecule has 0 aliphatic heterocycles. The van der Waals surface area contributed by atoms with E-state index in [9.17, 15) is 14.7 Å². The van der Waals surface area contributed by atoms with Crippen molar-refractivity contribution in [2.75, 3.05) is 7.11 Å². The Morgan fingerprint density at radius 1 is 1.14 bits per heavy atom. The summed E-state index contributed by atoms with van der Waals surface area (Å²) in [6.45, 7) is 7.18. The van der Waals surface area contributed by atoms with Gasteiger partial charge in [-0.05, 0) is 91.8 Å². The average molecular weight is 405 g/mol. The first-order valence-corrected chi connectivity index (χ1v) is 12.0. The number of carbonyl (C=O) groups is 2. The van der Waals surface area contributed by atoms with Crippen molar-refractivity contribution in [2.45, 2.75) is 91.1 Å². The standard InChI is InChI=1S/C25H40O4/c1-15(5-8-22(28)29-4)18-6-7-19-23-20(10-12-25(18,19)3)24(2)11-9-17(26)13-16(24)14-21(23)27/h15-20,23,26H,5-14H2,1-4H3/t15-,16+,17-,18-,19+,20?,23+,24+,25-/m1/s1. The zero-order valence-electron chi connectivity index (χ0n) is 18.8. The van der Waals surface area contributed by atoms with Crippen LogP contribution in [0.15, 0.2) is 0 Å². The highest BCUT2D eigenvalue weighted by atomic mass is 16.5. The zero-order chi connectivity index (χ0) is 21.0. The van der Waals surface area contributed by atoms with Crippen LogP contribution in [0.2, 0.25) is 0 Å². The van der Waals surface area contributed by atoms with Gasteiger partial charge in [0, 0.05) is 18.8 Å². The average Bonchev–Trinajstić information content (AvgIpc) is 3.04. The van der Waals surface area contributed by atoms with Gasteiger partial charge in [0.15, 0.2) is 0 Å². The lowest BCUT2D eigenvalue weighted by Gasteiger charge is -2.60. The van der Waals surface area contributed by atoms with Crippen LogP contribution in [-0.2, 0) is 14.3 Å². The number of aliphatic hydroxyl groups is 1. The van der Waals surface area contributed by atoms with Crippen LogP contribution >= 0.6 is 0 Å². The molecule has 4 aliphatic rings. The van der Waals surface area contributed by atoms with Crippen LogP contribution in [0.1, 0.15) is 85.0 Å². The Balaban J connectivity index is 1.53. The van der Waals surface area contributed by atoms with E-state index in [1.807, 2.05) is 0 Å². The summed E-state index contributed by atoms with van der Waals surface area (Å²) >= 11 is 0. The van der Waals surface area contributed by atoms with E-state index in [1.165, 1.54) is 26.4 Å². The number of methoxy groups -OCH3 is 1. The number of esters is 1. The minimum Gasteiger partial charge on any atom is -0.469 e. The molecule has 4 heteroatoms. The van der Waals surface area contributed by atoms with Crippen LogP contribution in [0.4, 0.5) is 0 Å². The fourth-order valence-electron chi connectivity index (χ4n) is 8.53. The maximum atomic E-state index is 13.4. The Morgan fingerprint density at radius 3 is 2.55 bits per heavy atom. The molecule has 164 valence electrons. The number of ketones is 1. The summed E-state index contributed by atoms with van der Waals surface area (Å²) in [6.07, 6.45) is 9.40. The molecule has 0 saturated heterocycles. The summed E-state index contributed by atoms with van der Waals surface area (Å²) in [5.74, 6) is 3.08. The third-order valence-electron chi connectivity index (χ3n) is 10.2. The van der Waals surface area contributed by atoms with Gasteiger partial charge < -0.3 is 9.84 Å². The Hall–Kier alpha value is -0.900. The van der Waals surface area contributed by atoms with Gasteiger partial charge in [0.25, 0.3) is 0 Å². The summed E-state index contributed by atoms with van der Waals surface area (Å²) in [4.78, 5) is 25.0. The summed E-state index contributed by atoms with van der Waals surface area (Å²) in [6, 6.07) is 0. The predicted molar refractivity (Wildman–Crippen MR) is 112 cm³/mol. The molecule has 0 aromatic rings. The van der Waals surface area contributed by atoms with Crippen molar-refractivity contribution in [3.63, 3.8) is 0 Å². The van der Waals surface area contributed by atoms with Gasteiger partial charge >= 0.3 is 5.97 Å². The number of rotatable bonds is 4. The van der Waals surface area contributed by atoms with Crippen LogP contribution in [0, 0.1) is 46.3 Å². The third-order valence-corrected chi connectivity index (χ3v) is 10.2. The first kappa shape index (κ1) is 21.3. The molecule has 0 bridgehead atoms. The molecule has 0 aromatic carbocycles. The van der Waals surface area contributed by atoms with E-state index in [-0.39, 0.29) is 28.8 Å². The highest BCUT2D eigenvalue weighted by molar-refractivity contribution is 5.83. The molecule has 4 fully saturated rings. The van der Waals surface area contributed by atoms with E-state index in [2.05, 4.69) is 20.8 Å². The van der Waals surface area contributed by atoms with E-state index in [0.29, 0.717) is 48.2 Å². The van der Waals surface area contributed by atoms with E-state index >= 15 is 0 Å². The van der Waals surface area contributed by atoms with Crippen molar-refractivity contribution in [2.24, 2.45) is 46.3 Å². The maximum Gasteiger partial charge on any atom is 0.305 e. The molecule has 29 heavy (non-hydrogen) atoms. The normalized spacial score (nSPS) is 47.7. The van der Waals surface area contributed by atoms with Gasteiger partial charge in [0.05, 0.1) is 13.2 Å². The first-order chi connectivity index (χ1) is 13.7. The van der Waals surface area contributed by atoms with Crippen molar-refractivity contribution >= 4 is 11.8 Å². The van der Waals surface area contributed by atoms with Crippen LogP contribution in [0.5, 0.6) is 0 Å². The zero-order valence-corrected chi connectivity index (χ0v) is 18.8. The smallest absolute Gasteiger partial charge is 0.305 e. The number of carbonyl (C=O) groups excluding carboxylic acids is 2. The molecule has 4 rings (SSSR count). The largest absolute Gasteiger partial charge is 0.469 e. The minimum absolute atomic E-state index is 0.110. The van der Waals surface area contributed by atoms with Gasteiger partial charge in [-0.3, -0.25) is 9.59 Å². The highest BCUT2D eigenvalue weighted by Crippen LogP contribution is 2.67. The molecular weight excluding hydrogens is 364 g/mol. The molecule has 1 unspecified atom stereocenters. The minimum atomic E-state index is -0.210. The Labute approximate surface area is 176 Å². The lowest BCUT2D eigenvalue weighted by molar-refractivity contribution is -0.160. The molecule has 0 aromatic heterocycles. The van der Waals surface area contributed by atoms with Crippen molar-refractivity contribution in [1.29, 1.82) is 0 Å². The number of Topliss-reactive ketones (excluding diaryl/α,β-unsaturated/α-hetero) is 1. The number of ether oxygens (including phenoxy) is 1. The number of aliphatic hydroxyl groups excluding tert-OH is 1. The van der Waals surface area contributed by atoms with E-state index in [0.717, 1.165) is 32.1 Å². The Morgan fingerprint density at radius 2 is 1.83 bits per heavy atom. The van der Waals surface area contributed by atoms with Crippen molar-refractivity contribution in [1.82, 2.24) is 0 Å². The van der Waals surface area contributed by atoms with Gasteiger partial charge in [-0.15, -0.1) is 0 Å². The summed E-state index contributed by atoms with van der Waals surface area (Å²) < 4.78 is 4.85. The van der Waals surface area contributed by atoms with Crippen molar-refractivity contribution in [3.8, 4) is 0 Å². The van der Waals surface area contributed by atoms with Gasteiger partial charge in [-0.1, -0.05) is 20.8 Å². The Kier molecular flexibility index (Phi) is 5.63. The molecule has 4 aliphatic carbocycles. The first-order valence-electron chi connectivity index (χ1n) is 12.0. The molecular formula is C25H40O4. The topological polar surface area (TPSA) is 63.6 Å². The molecule has 0 amide bonds. The molecule has 0 heterocycles. The summed E-state index contributed by atoms with van der Waals surface area (Å²) in [7, 11) is 1.47. The quantitative estimate of drug-likeness (QED) is 0.685. The lowest BCUT2D eigenvalue weighted by atomic mass is 9.44. The Bertz CT molecular complexity index is 659. The van der Waals surface area contributed by atoms with Crippen molar-refractivity contribution in [3.05, 3.63) is 0 Å². The summed E-state index contributed by atoms with van der Waals surface area (Å²) in [5, 5.41) is 10.2. The highest BCUT2D eigenvalue weighted by Gasteiger charge is 2.62. The second-order valence-corrected chi connectivity index (χ2v) is 11.4. The molecule has 0 radical (unpaired) electrons. The number of hydrogen-bond acceptors (Lipinski definition) is 4.